The van der Waals surface area contributed by atoms with Gasteiger partial charge in [0.15, 0.2) is 0 Å². The Hall–Kier alpha value is -1.97. The SMILES string of the molecule is Cc1ccc(Nc2nc(N)nc(Cl)n2)c(S(=O)(=O)O)c1. The van der Waals surface area contributed by atoms with Crippen LogP contribution in [0.4, 0.5) is 17.6 Å². The van der Waals surface area contributed by atoms with Crippen LogP contribution in [0.3, 0.4) is 0 Å². The molecule has 2 aromatic rings. The van der Waals surface area contributed by atoms with Gasteiger partial charge in [-0.1, -0.05) is 6.07 Å². The molecule has 20 heavy (non-hydrogen) atoms. The van der Waals surface area contributed by atoms with E-state index in [0.29, 0.717) is 5.56 Å². The predicted octanol–water partition coefficient (Wildman–Crippen LogP) is 1.41. The number of nitrogens with two attached hydrogens (primary N) is 1. The van der Waals surface area contributed by atoms with Crippen LogP contribution >= 0.6 is 11.6 Å². The molecule has 1 aromatic heterocycles. The minimum atomic E-state index is -4.39. The molecular formula is C10H10ClN5O3S. The van der Waals surface area contributed by atoms with E-state index in [1.807, 2.05) is 0 Å². The zero-order chi connectivity index (χ0) is 14.9. The molecule has 1 aromatic carbocycles. The number of hydrogen-bond acceptors (Lipinski definition) is 7. The first-order valence-corrected chi connectivity index (χ1v) is 7.10. The molecule has 0 saturated heterocycles. The lowest BCUT2D eigenvalue weighted by Gasteiger charge is -2.10. The summed E-state index contributed by atoms with van der Waals surface area (Å²) in [6.07, 6.45) is 0. The van der Waals surface area contributed by atoms with E-state index in [9.17, 15) is 13.0 Å². The van der Waals surface area contributed by atoms with E-state index in [1.165, 1.54) is 12.1 Å². The highest BCUT2D eigenvalue weighted by molar-refractivity contribution is 7.86. The van der Waals surface area contributed by atoms with Crippen molar-refractivity contribution in [3.8, 4) is 0 Å². The van der Waals surface area contributed by atoms with Gasteiger partial charge in [0.2, 0.25) is 17.2 Å². The fraction of sp³-hybridized carbons (Fsp3) is 0.100. The molecule has 0 fully saturated rings. The van der Waals surface area contributed by atoms with Gasteiger partial charge in [0.25, 0.3) is 10.1 Å². The third-order valence-corrected chi connectivity index (χ3v) is 3.35. The summed E-state index contributed by atoms with van der Waals surface area (Å²) in [4.78, 5) is 10.8. The second kappa shape index (κ2) is 5.19. The van der Waals surface area contributed by atoms with Crippen LogP contribution in [0.5, 0.6) is 0 Å². The van der Waals surface area contributed by atoms with Gasteiger partial charge >= 0.3 is 0 Å². The second-order valence-electron chi connectivity index (χ2n) is 3.89. The first kappa shape index (κ1) is 14.4. The van der Waals surface area contributed by atoms with Crippen LogP contribution in [0.25, 0.3) is 0 Å². The summed E-state index contributed by atoms with van der Waals surface area (Å²) in [5, 5.41) is 2.48. The summed E-state index contributed by atoms with van der Waals surface area (Å²) < 4.78 is 31.9. The maximum absolute atomic E-state index is 11.3. The van der Waals surface area contributed by atoms with Crippen molar-refractivity contribution in [3.05, 3.63) is 29.0 Å². The van der Waals surface area contributed by atoms with Crippen molar-refractivity contribution in [1.29, 1.82) is 0 Å². The van der Waals surface area contributed by atoms with Crippen molar-refractivity contribution in [3.63, 3.8) is 0 Å². The van der Waals surface area contributed by atoms with Gasteiger partial charge in [-0.2, -0.15) is 23.4 Å². The Labute approximate surface area is 119 Å². The molecule has 0 aliphatic rings. The number of halogens is 1. The summed E-state index contributed by atoms with van der Waals surface area (Å²) in [6, 6.07) is 4.43. The number of nitrogen functional groups attached to an aromatic ring is 1. The molecule has 10 heteroatoms. The van der Waals surface area contributed by atoms with E-state index in [0.717, 1.165) is 0 Å². The Morgan fingerprint density at radius 2 is 2.00 bits per heavy atom. The molecule has 106 valence electrons. The minimum absolute atomic E-state index is 0.0312. The van der Waals surface area contributed by atoms with E-state index in [2.05, 4.69) is 20.3 Å². The molecule has 2 rings (SSSR count). The Morgan fingerprint density at radius 1 is 1.30 bits per heavy atom. The number of anilines is 3. The molecular weight excluding hydrogens is 306 g/mol. The van der Waals surface area contributed by atoms with Crippen LogP contribution in [-0.2, 0) is 10.1 Å². The Morgan fingerprint density at radius 3 is 2.60 bits per heavy atom. The zero-order valence-electron chi connectivity index (χ0n) is 10.2. The number of benzene rings is 1. The number of hydrogen-bond donors (Lipinski definition) is 3. The lowest BCUT2D eigenvalue weighted by atomic mass is 10.2. The van der Waals surface area contributed by atoms with E-state index < -0.39 is 10.1 Å². The van der Waals surface area contributed by atoms with Crippen LogP contribution in [0.2, 0.25) is 5.28 Å². The Bertz CT molecular complexity index is 745. The molecule has 1 heterocycles. The average molecular weight is 316 g/mol. The summed E-state index contributed by atoms with van der Waals surface area (Å²) >= 11 is 5.62. The van der Waals surface area contributed by atoms with E-state index >= 15 is 0 Å². The van der Waals surface area contributed by atoms with Crippen molar-refractivity contribution in [2.75, 3.05) is 11.1 Å². The molecule has 0 spiro atoms. The van der Waals surface area contributed by atoms with E-state index in [1.54, 1.807) is 13.0 Å². The lowest BCUT2D eigenvalue weighted by Crippen LogP contribution is -2.07. The number of nitrogens with one attached hydrogen (secondary N) is 1. The predicted molar refractivity (Wildman–Crippen MR) is 73.5 cm³/mol. The summed E-state index contributed by atoms with van der Waals surface area (Å²) in [7, 11) is -4.39. The molecule has 0 bridgehead atoms. The quantitative estimate of drug-likeness (QED) is 0.724. The van der Waals surface area contributed by atoms with Crippen molar-refractivity contribution < 1.29 is 13.0 Å². The minimum Gasteiger partial charge on any atom is -0.368 e. The van der Waals surface area contributed by atoms with Crippen molar-refractivity contribution in [1.82, 2.24) is 15.0 Å². The zero-order valence-corrected chi connectivity index (χ0v) is 11.8. The highest BCUT2D eigenvalue weighted by Gasteiger charge is 2.17. The average Bonchev–Trinajstić information content (AvgIpc) is 2.28. The third-order valence-electron chi connectivity index (χ3n) is 2.29. The molecule has 0 aliphatic carbocycles. The number of rotatable bonds is 3. The standard InChI is InChI=1S/C10H10ClN5O3S/c1-5-2-3-6(7(4-5)20(17,18)19)13-10-15-8(11)14-9(12)16-10/h2-4H,1H3,(H,17,18,19)(H3,12,13,14,15,16). The Kier molecular flexibility index (Phi) is 3.75. The third kappa shape index (κ3) is 3.32. The number of aryl methyl sites for hydroxylation is 1. The molecule has 8 nitrogen and oxygen atoms in total. The topological polar surface area (TPSA) is 131 Å². The van der Waals surface area contributed by atoms with Crippen LogP contribution in [0.1, 0.15) is 5.56 Å². The maximum atomic E-state index is 11.3. The molecule has 0 saturated carbocycles. The monoisotopic (exact) mass is 315 g/mol. The van der Waals surface area contributed by atoms with Gasteiger partial charge in [0.1, 0.15) is 4.90 Å². The van der Waals surface area contributed by atoms with Crippen LogP contribution in [0.15, 0.2) is 23.1 Å². The van der Waals surface area contributed by atoms with Crippen molar-refractivity contribution in [2.24, 2.45) is 0 Å². The van der Waals surface area contributed by atoms with Crippen molar-refractivity contribution >= 4 is 39.3 Å². The normalized spacial score (nSPS) is 11.3. The first-order chi connectivity index (χ1) is 9.25. The largest absolute Gasteiger partial charge is 0.368 e. The van der Waals surface area contributed by atoms with Gasteiger partial charge in [0.05, 0.1) is 5.69 Å². The lowest BCUT2D eigenvalue weighted by molar-refractivity contribution is 0.483. The molecule has 0 radical (unpaired) electrons. The second-order valence-corrected chi connectivity index (χ2v) is 5.61. The summed E-state index contributed by atoms with van der Waals surface area (Å²) in [5.41, 5.74) is 6.17. The molecule has 0 amide bonds. The first-order valence-electron chi connectivity index (χ1n) is 5.28. The highest BCUT2D eigenvalue weighted by atomic mass is 35.5. The Balaban J connectivity index is 2.48. The van der Waals surface area contributed by atoms with E-state index in [-0.39, 0.29) is 27.8 Å². The van der Waals surface area contributed by atoms with Gasteiger partial charge in [0, 0.05) is 0 Å². The maximum Gasteiger partial charge on any atom is 0.296 e. The summed E-state index contributed by atoms with van der Waals surface area (Å²) in [5.74, 6) is -0.149. The number of aromatic nitrogens is 3. The van der Waals surface area contributed by atoms with Crippen molar-refractivity contribution in [2.45, 2.75) is 11.8 Å². The van der Waals surface area contributed by atoms with Crippen LogP contribution in [-0.4, -0.2) is 27.9 Å². The van der Waals surface area contributed by atoms with Gasteiger partial charge in [-0.25, -0.2) is 0 Å². The number of nitrogens with zero attached hydrogens (tertiary/aromatic N) is 3. The van der Waals surface area contributed by atoms with Crippen LogP contribution in [0, 0.1) is 6.92 Å². The molecule has 4 N–H and O–H groups in total. The van der Waals surface area contributed by atoms with Gasteiger partial charge in [-0.15, -0.1) is 0 Å². The van der Waals surface area contributed by atoms with E-state index in [4.69, 9.17) is 17.3 Å². The van der Waals surface area contributed by atoms with Gasteiger partial charge < -0.3 is 11.1 Å². The van der Waals surface area contributed by atoms with Gasteiger partial charge in [-0.05, 0) is 36.2 Å². The van der Waals surface area contributed by atoms with Gasteiger partial charge in [-0.3, -0.25) is 4.55 Å². The summed E-state index contributed by atoms with van der Waals surface area (Å²) in [6.45, 7) is 1.69. The highest BCUT2D eigenvalue weighted by Crippen LogP contribution is 2.25. The fourth-order valence-corrected chi connectivity index (χ4v) is 2.39. The fourth-order valence-electron chi connectivity index (χ4n) is 1.49. The molecule has 0 unspecified atom stereocenters. The molecule has 0 aliphatic heterocycles. The van der Waals surface area contributed by atoms with Crippen LogP contribution < -0.4 is 11.1 Å². The molecule has 0 atom stereocenters. The smallest absolute Gasteiger partial charge is 0.296 e.